The van der Waals surface area contributed by atoms with Crippen molar-refractivity contribution >= 4 is 25.2 Å². The van der Waals surface area contributed by atoms with E-state index in [0.717, 1.165) is 29.3 Å². The Morgan fingerprint density at radius 1 is 0.903 bits per heavy atom. The number of hydrogen-bond acceptors (Lipinski definition) is 4. The summed E-state index contributed by atoms with van der Waals surface area (Å²) in [7, 11) is 2.08. The topological polar surface area (TPSA) is 43.2 Å². The van der Waals surface area contributed by atoms with Crippen LogP contribution in [0.5, 0.6) is 11.5 Å². The predicted octanol–water partition coefficient (Wildman–Crippen LogP) is 6.32. The van der Waals surface area contributed by atoms with E-state index in [1.54, 1.807) is 0 Å². The Morgan fingerprint density at radius 2 is 1.39 bits per heavy atom. The first-order valence-corrected chi connectivity index (χ1v) is 11.1. The third kappa shape index (κ3) is 5.80. The molecular formula is C26H35BN2O2. The van der Waals surface area contributed by atoms with Gasteiger partial charge in [0.25, 0.3) is 0 Å². The highest BCUT2D eigenvalue weighted by Crippen LogP contribution is 2.38. The molecule has 3 rings (SSSR count). The number of hydrogen-bond donors (Lipinski definition) is 0. The standard InChI is InChI=1S/C26H35BN2O2/c1-17-15-26(8,27)31-23-12-10-19(25(5,6)7)14-21(23)29-16-28-20-13-18(24(2,3)4)9-11-22(20)30-17/h9-14,17H,15,27H2,1-8H3. The van der Waals surface area contributed by atoms with Crippen LogP contribution in [-0.4, -0.2) is 25.5 Å². The fraction of sp³-hybridized carbons (Fsp3) is 0.500. The van der Waals surface area contributed by atoms with Crippen LogP contribution in [0, 0.1) is 0 Å². The Bertz CT molecular complexity index is 1020. The van der Waals surface area contributed by atoms with Crippen LogP contribution in [0.4, 0.5) is 11.4 Å². The summed E-state index contributed by atoms with van der Waals surface area (Å²) in [5.74, 6) is 1.47. The van der Waals surface area contributed by atoms with Gasteiger partial charge in [-0.3, -0.25) is 0 Å². The number of ether oxygens (including phenoxy) is 2. The lowest BCUT2D eigenvalue weighted by molar-refractivity contribution is 0.103. The average molecular weight is 418 g/mol. The van der Waals surface area contributed by atoms with Gasteiger partial charge < -0.3 is 9.47 Å². The minimum Gasteiger partial charge on any atom is -0.494 e. The summed E-state index contributed by atoms with van der Waals surface area (Å²) >= 11 is 0. The van der Waals surface area contributed by atoms with E-state index in [-0.39, 0.29) is 16.9 Å². The number of fused-ring (bicyclic) bond motifs is 2. The summed E-state index contributed by atoms with van der Waals surface area (Å²) in [5, 5.41) is 0. The summed E-state index contributed by atoms with van der Waals surface area (Å²) < 4.78 is 12.7. The molecule has 2 atom stereocenters. The largest absolute Gasteiger partial charge is 0.494 e. The molecule has 0 aromatic heterocycles. The minimum absolute atomic E-state index is 0.0114. The maximum absolute atomic E-state index is 6.39. The molecule has 0 saturated heterocycles. The first-order chi connectivity index (χ1) is 14.2. The van der Waals surface area contributed by atoms with E-state index in [2.05, 4.69) is 103 Å². The summed E-state index contributed by atoms with van der Waals surface area (Å²) in [5.41, 5.74) is 3.48. The summed E-state index contributed by atoms with van der Waals surface area (Å²) in [6.07, 6.45) is 0.680. The van der Waals surface area contributed by atoms with E-state index in [1.165, 1.54) is 11.1 Å². The molecule has 31 heavy (non-hydrogen) atoms. The first kappa shape index (κ1) is 23.2. The molecule has 5 heteroatoms. The molecule has 0 spiro atoms. The maximum atomic E-state index is 6.39. The van der Waals surface area contributed by atoms with Crippen LogP contribution < -0.4 is 9.47 Å². The van der Waals surface area contributed by atoms with Crippen LogP contribution in [-0.2, 0) is 10.8 Å². The molecule has 0 aliphatic carbocycles. The lowest BCUT2D eigenvalue weighted by Crippen LogP contribution is -2.38. The predicted molar refractivity (Wildman–Crippen MR) is 132 cm³/mol. The van der Waals surface area contributed by atoms with Crippen molar-refractivity contribution in [3.63, 3.8) is 0 Å². The molecule has 0 radical (unpaired) electrons. The van der Waals surface area contributed by atoms with Crippen molar-refractivity contribution < 1.29 is 9.47 Å². The highest BCUT2D eigenvalue weighted by molar-refractivity contribution is 6.14. The molecule has 0 saturated carbocycles. The van der Waals surface area contributed by atoms with Gasteiger partial charge in [0.05, 0.1) is 11.6 Å². The molecule has 164 valence electrons. The van der Waals surface area contributed by atoms with E-state index in [0.29, 0.717) is 0 Å². The molecule has 1 heterocycles. The highest BCUT2D eigenvalue weighted by Gasteiger charge is 2.27. The van der Waals surface area contributed by atoms with E-state index in [4.69, 9.17) is 9.47 Å². The second-order valence-corrected chi connectivity index (χ2v) is 11.2. The zero-order chi connectivity index (χ0) is 23.0. The molecule has 1 aliphatic rings. The second kappa shape index (κ2) is 8.20. The monoisotopic (exact) mass is 418 g/mol. The van der Waals surface area contributed by atoms with Crippen LogP contribution in [0.2, 0.25) is 0 Å². The Labute approximate surface area is 188 Å². The third-order valence-electron chi connectivity index (χ3n) is 5.48. The Balaban J connectivity index is 2.17. The first-order valence-electron chi connectivity index (χ1n) is 11.1. The van der Waals surface area contributed by atoms with E-state index in [1.807, 2.05) is 12.1 Å². The molecule has 1 aliphatic heterocycles. The Hall–Kier alpha value is -2.52. The van der Waals surface area contributed by atoms with Crippen molar-refractivity contribution in [3.05, 3.63) is 47.5 Å². The van der Waals surface area contributed by atoms with Gasteiger partial charge in [0.15, 0.2) is 7.85 Å². The van der Waals surface area contributed by atoms with Gasteiger partial charge in [-0.25, -0.2) is 0 Å². The molecule has 0 amide bonds. The summed E-state index contributed by atoms with van der Waals surface area (Å²) in [6, 6.07) is 15.3. The molecule has 4 nitrogen and oxygen atoms in total. The molecule has 2 unspecified atom stereocenters. The maximum Gasteiger partial charge on any atom is 0.158 e. The summed E-state index contributed by atoms with van der Waals surface area (Å²) in [6.45, 7) is 17.3. The lowest BCUT2D eigenvalue weighted by Gasteiger charge is -2.31. The van der Waals surface area contributed by atoms with Crippen molar-refractivity contribution in [1.82, 2.24) is 0 Å². The van der Waals surface area contributed by atoms with Crippen LogP contribution in [0.3, 0.4) is 0 Å². The van der Waals surface area contributed by atoms with Crippen molar-refractivity contribution in [1.29, 1.82) is 0 Å². The fourth-order valence-corrected chi connectivity index (χ4v) is 3.75. The molecule has 2 aromatic rings. The normalized spacial score (nSPS) is 21.7. The van der Waals surface area contributed by atoms with Gasteiger partial charge >= 0.3 is 0 Å². The van der Waals surface area contributed by atoms with E-state index >= 15 is 0 Å². The second-order valence-electron chi connectivity index (χ2n) is 11.2. The average Bonchev–Trinajstić information content (AvgIpc) is 2.60. The zero-order valence-corrected chi connectivity index (χ0v) is 20.5. The number of aliphatic imine (C=N–C) groups is 2. The molecule has 0 bridgehead atoms. The number of rotatable bonds is 0. The van der Waals surface area contributed by atoms with Crippen molar-refractivity contribution in [3.8, 4) is 11.5 Å². The van der Waals surface area contributed by atoms with Crippen LogP contribution in [0.25, 0.3) is 0 Å². The van der Waals surface area contributed by atoms with Crippen LogP contribution >= 0.6 is 0 Å². The van der Waals surface area contributed by atoms with Gasteiger partial charge in [0.1, 0.15) is 28.9 Å². The van der Waals surface area contributed by atoms with Gasteiger partial charge in [0.2, 0.25) is 0 Å². The van der Waals surface area contributed by atoms with Gasteiger partial charge in [-0.15, -0.1) is 0 Å². The van der Waals surface area contributed by atoms with Crippen LogP contribution in [0.15, 0.2) is 46.4 Å². The van der Waals surface area contributed by atoms with Gasteiger partial charge in [-0.2, -0.15) is 9.98 Å². The SMILES string of the molecule is BC1(C)CC(C)Oc2ccc(C(C)(C)C)cc2N=C=Nc2cc(C(C)(C)C)ccc2O1. The Morgan fingerprint density at radius 3 is 1.90 bits per heavy atom. The number of nitrogens with zero attached hydrogens (tertiary/aromatic N) is 2. The van der Waals surface area contributed by atoms with Crippen molar-refractivity contribution in [2.75, 3.05) is 0 Å². The fourth-order valence-electron chi connectivity index (χ4n) is 3.75. The molecular weight excluding hydrogens is 383 g/mol. The van der Waals surface area contributed by atoms with Crippen LogP contribution in [0.1, 0.15) is 72.9 Å². The van der Waals surface area contributed by atoms with Gasteiger partial charge in [-0.05, 0) is 60.1 Å². The lowest BCUT2D eigenvalue weighted by atomic mass is 9.78. The molecule has 0 N–H and O–H groups in total. The molecule has 0 fully saturated rings. The zero-order valence-electron chi connectivity index (χ0n) is 20.5. The quantitative estimate of drug-likeness (QED) is 0.470. The third-order valence-corrected chi connectivity index (χ3v) is 5.48. The summed E-state index contributed by atoms with van der Waals surface area (Å²) in [4.78, 5) is 9.13. The van der Waals surface area contributed by atoms with Gasteiger partial charge in [-0.1, -0.05) is 53.7 Å². The molecule has 2 aromatic carbocycles. The van der Waals surface area contributed by atoms with E-state index < -0.39 is 5.50 Å². The van der Waals surface area contributed by atoms with Crippen molar-refractivity contribution in [2.24, 2.45) is 9.98 Å². The van der Waals surface area contributed by atoms with Crippen molar-refractivity contribution in [2.45, 2.75) is 84.2 Å². The smallest absolute Gasteiger partial charge is 0.158 e. The Kier molecular flexibility index (Phi) is 6.13. The minimum atomic E-state index is -0.422. The highest BCUT2D eigenvalue weighted by atomic mass is 16.5. The van der Waals surface area contributed by atoms with Gasteiger partial charge in [0, 0.05) is 6.42 Å². The van der Waals surface area contributed by atoms with E-state index in [9.17, 15) is 0 Å². The number of benzene rings is 2.